The number of benzene rings is 1. The first-order valence-electron chi connectivity index (χ1n) is 5.73. The maximum absolute atomic E-state index is 11.3. The van der Waals surface area contributed by atoms with Gasteiger partial charge in [-0.3, -0.25) is 4.79 Å². The third-order valence-electron chi connectivity index (χ3n) is 2.47. The molecule has 0 radical (unpaired) electrons. The number of nitrogens with two attached hydrogens (primary N) is 1. The average molecular weight is 246 g/mol. The van der Waals surface area contributed by atoms with E-state index >= 15 is 0 Å². The molecule has 0 aromatic heterocycles. The summed E-state index contributed by atoms with van der Waals surface area (Å²) in [6, 6.07) is 5.66. The second-order valence-corrected chi connectivity index (χ2v) is 4.08. The van der Waals surface area contributed by atoms with Crippen molar-refractivity contribution in [3.05, 3.63) is 29.3 Å². The lowest BCUT2D eigenvalue weighted by atomic mass is 10.1. The first kappa shape index (κ1) is 14.1. The van der Waals surface area contributed by atoms with E-state index < -0.39 is 0 Å². The summed E-state index contributed by atoms with van der Waals surface area (Å²) < 4.78 is 5.41. The van der Waals surface area contributed by atoms with Crippen molar-refractivity contribution >= 4 is 5.91 Å². The number of rotatable bonds is 5. The van der Waals surface area contributed by atoms with Crippen molar-refractivity contribution in [3.8, 4) is 18.1 Å². The van der Waals surface area contributed by atoms with Gasteiger partial charge in [0, 0.05) is 6.04 Å². The van der Waals surface area contributed by atoms with Crippen LogP contribution in [-0.2, 0) is 4.79 Å². The predicted octanol–water partition coefficient (Wildman–Crippen LogP) is 1.14. The summed E-state index contributed by atoms with van der Waals surface area (Å²) in [5, 5.41) is 2.53. The van der Waals surface area contributed by atoms with Crippen LogP contribution in [0.2, 0.25) is 0 Å². The highest BCUT2D eigenvalue weighted by atomic mass is 16.5. The average Bonchev–Trinajstić information content (AvgIpc) is 2.34. The van der Waals surface area contributed by atoms with E-state index in [0.29, 0.717) is 5.75 Å². The van der Waals surface area contributed by atoms with Gasteiger partial charge in [0.15, 0.2) is 6.61 Å². The van der Waals surface area contributed by atoms with E-state index in [1.54, 1.807) is 0 Å². The van der Waals surface area contributed by atoms with Crippen molar-refractivity contribution in [1.82, 2.24) is 5.32 Å². The van der Waals surface area contributed by atoms with Crippen LogP contribution < -0.4 is 15.8 Å². The molecule has 96 valence electrons. The Labute approximate surface area is 108 Å². The lowest BCUT2D eigenvalue weighted by Gasteiger charge is -2.12. The Balaban J connectivity index is 2.58. The van der Waals surface area contributed by atoms with Crippen LogP contribution in [0.15, 0.2) is 18.2 Å². The minimum absolute atomic E-state index is 0.0170. The molecule has 4 nitrogen and oxygen atoms in total. The highest BCUT2D eigenvalue weighted by molar-refractivity contribution is 5.77. The van der Waals surface area contributed by atoms with Gasteiger partial charge in [-0.15, -0.1) is 6.42 Å². The molecule has 0 unspecified atom stereocenters. The molecule has 1 rings (SSSR count). The van der Waals surface area contributed by atoms with E-state index in [2.05, 4.69) is 11.2 Å². The smallest absolute Gasteiger partial charge is 0.258 e. The van der Waals surface area contributed by atoms with Crippen LogP contribution in [-0.4, -0.2) is 19.1 Å². The van der Waals surface area contributed by atoms with Gasteiger partial charge in [-0.05, 0) is 31.0 Å². The number of carbonyl (C=O) groups excluding carboxylic acids is 1. The van der Waals surface area contributed by atoms with Crippen LogP contribution in [0.25, 0.3) is 0 Å². The fourth-order valence-electron chi connectivity index (χ4n) is 1.46. The second kappa shape index (κ2) is 6.67. The van der Waals surface area contributed by atoms with E-state index in [1.165, 1.54) is 0 Å². The zero-order chi connectivity index (χ0) is 13.5. The molecule has 1 aromatic carbocycles. The number of nitrogens with one attached hydrogen (secondary N) is 1. The van der Waals surface area contributed by atoms with Gasteiger partial charge in [0.25, 0.3) is 5.91 Å². The van der Waals surface area contributed by atoms with Crippen molar-refractivity contribution < 1.29 is 9.53 Å². The number of ether oxygens (including phenoxy) is 1. The Morgan fingerprint density at radius 3 is 2.89 bits per heavy atom. The van der Waals surface area contributed by atoms with Gasteiger partial charge >= 0.3 is 0 Å². The highest BCUT2D eigenvalue weighted by Gasteiger charge is 2.06. The molecule has 0 aliphatic heterocycles. The number of amides is 1. The Bertz CT molecular complexity index is 461. The number of terminal acetylenes is 1. The largest absolute Gasteiger partial charge is 0.484 e. The zero-order valence-corrected chi connectivity index (χ0v) is 10.7. The van der Waals surface area contributed by atoms with Crippen LogP contribution in [0.4, 0.5) is 0 Å². The molecule has 0 saturated carbocycles. The van der Waals surface area contributed by atoms with E-state index in [0.717, 1.165) is 11.1 Å². The molecule has 18 heavy (non-hydrogen) atoms. The molecule has 0 fully saturated rings. The molecule has 1 amide bonds. The Kier molecular flexibility index (Phi) is 5.22. The third-order valence-corrected chi connectivity index (χ3v) is 2.47. The van der Waals surface area contributed by atoms with Crippen molar-refractivity contribution in [2.45, 2.75) is 19.9 Å². The third kappa shape index (κ3) is 4.11. The van der Waals surface area contributed by atoms with Crippen LogP contribution in [0.1, 0.15) is 24.1 Å². The Morgan fingerprint density at radius 2 is 2.33 bits per heavy atom. The minimum atomic E-state index is -0.233. The lowest BCUT2D eigenvalue weighted by Crippen LogP contribution is -2.29. The van der Waals surface area contributed by atoms with Gasteiger partial charge in [-0.25, -0.2) is 0 Å². The molecule has 0 aliphatic rings. The SMILES string of the molecule is C#CCNC(=O)COc1ccc([C@@H](C)N)cc1C. The molecule has 0 saturated heterocycles. The number of hydrogen-bond acceptors (Lipinski definition) is 3. The molecular formula is C14H18N2O2. The molecule has 0 bridgehead atoms. The van der Waals surface area contributed by atoms with Gasteiger partial charge in [0.05, 0.1) is 6.54 Å². The Morgan fingerprint density at radius 1 is 1.61 bits per heavy atom. The van der Waals surface area contributed by atoms with Crippen LogP contribution in [0, 0.1) is 19.3 Å². The van der Waals surface area contributed by atoms with Crippen LogP contribution in [0.3, 0.4) is 0 Å². The maximum Gasteiger partial charge on any atom is 0.258 e. The fraction of sp³-hybridized carbons (Fsp3) is 0.357. The highest BCUT2D eigenvalue weighted by Crippen LogP contribution is 2.21. The number of carbonyl (C=O) groups is 1. The maximum atomic E-state index is 11.3. The molecule has 3 N–H and O–H groups in total. The van der Waals surface area contributed by atoms with Crippen LogP contribution >= 0.6 is 0 Å². The van der Waals surface area contributed by atoms with Crippen molar-refractivity contribution in [1.29, 1.82) is 0 Å². The van der Waals surface area contributed by atoms with Crippen molar-refractivity contribution in [3.63, 3.8) is 0 Å². The molecule has 0 heterocycles. The molecule has 1 atom stereocenters. The van der Waals surface area contributed by atoms with Gasteiger partial charge < -0.3 is 15.8 Å². The normalized spacial score (nSPS) is 11.4. The van der Waals surface area contributed by atoms with Crippen molar-refractivity contribution in [2.24, 2.45) is 5.73 Å². The number of hydrogen-bond donors (Lipinski definition) is 2. The summed E-state index contributed by atoms with van der Waals surface area (Å²) >= 11 is 0. The van der Waals surface area contributed by atoms with Gasteiger partial charge in [0.1, 0.15) is 5.75 Å². The Hall–Kier alpha value is -1.99. The summed E-state index contributed by atoms with van der Waals surface area (Å²) in [5.41, 5.74) is 7.78. The van der Waals surface area contributed by atoms with E-state index in [4.69, 9.17) is 16.9 Å². The predicted molar refractivity (Wildman–Crippen MR) is 71.1 cm³/mol. The molecule has 1 aromatic rings. The first-order chi connectivity index (χ1) is 8.54. The second-order valence-electron chi connectivity index (χ2n) is 4.08. The van der Waals surface area contributed by atoms with E-state index in [9.17, 15) is 4.79 Å². The summed E-state index contributed by atoms with van der Waals surface area (Å²) in [6.45, 7) is 4.01. The lowest BCUT2D eigenvalue weighted by molar-refractivity contribution is -0.122. The molecule has 0 aliphatic carbocycles. The molecular weight excluding hydrogens is 228 g/mol. The molecule has 4 heteroatoms. The molecule has 0 spiro atoms. The fourth-order valence-corrected chi connectivity index (χ4v) is 1.46. The van der Waals surface area contributed by atoms with Gasteiger partial charge in [0.2, 0.25) is 0 Å². The topological polar surface area (TPSA) is 64.3 Å². The number of aryl methyl sites for hydroxylation is 1. The van der Waals surface area contributed by atoms with E-state index in [-0.39, 0.29) is 25.1 Å². The summed E-state index contributed by atoms with van der Waals surface area (Å²) in [4.78, 5) is 11.3. The zero-order valence-electron chi connectivity index (χ0n) is 10.7. The van der Waals surface area contributed by atoms with Gasteiger partial charge in [-0.2, -0.15) is 0 Å². The first-order valence-corrected chi connectivity index (χ1v) is 5.73. The summed E-state index contributed by atoms with van der Waals surface area (Å²) in [7, 11) is 0. The van der Waals surface area contributed by atoms with Gasteiger partial charge in [-0.1, -0.05) is 18.1 Å². The van der Waals surface area contributed by atoms with E-state index in [1.807, 2.05) is 32.0 Å². The van der Waals surface area contributed by atoms with Crippen LogP contribution in [0.5, 0.6) is 5.75 Å². The summed E-state index contributed by atoms with van der Waals surface area (Å²) in [6.07, 6.45) is 5.04. The monoisotopic (exact) mass is 246 g/mol. The standard InChI is InChI=1S/C14H18N2O2/c1-4-7-16-14(17)9-18-13-6-5-12(11(3)15)8-10(13)2/h1,5-6,8,11H,7,9,15H2,2-3H3,(H,16,17)/t11-/m1/s1. The minimum Gasteiger partial charge on any atom is -0.484 e. The summed E-state index contributed by atoms with van der Waals surface area (Å²) in [5.74, 6) is 2.77. The van der Waals surface area contributed by atoms with Crippen molar-refractivity contribution in [2.75, 3.05) is 13.2 Å². The quantitative estimate of drug-likeness (QED) is 0.766.